The summed E-state index contributed by atoms with van der Waals surface area (Å²) in [5.41, 5.74) is -0.253. The Morgan fingerprint density at radius 1 is 1.15 bits per heavy atom. The zero-order chi connectivity index (χ0) is 24.9. The lowest BCUT2D eigenvalue weighted by molar-refractivity contribution is -0.186. The predicted octanol–water partition coefficient (Wildman–Crippen LogP) is 3.52. The van der Waals surface area contributed by atoms with Crippen molar-refractivity contribution in [2.75, 3.05) is 13.2 Å². The minimum absolute atomic E-state index is 0.0129. The van der Waals surface area contributed by atoms with Crippen molar-refractivity contribution in [3.8, 4) is 0 Å². The molecule has 3 rings (SSSR count). The van der Waals surface area contributed by atoms with Gasteiger partial charge in [0.2, 0.25) is 5.91 Å². The van der Waals surface area contributed by atoms with Gasteiger partial charge in [0.15, 0.2) is 0 Å². The van der Waals surface area contributed by atoms with Gasteiger partial charge < -0.3 is 25.6 Å². The van der Waals surface area contributed by atoms with Crippen molar-refractivity contribution in [1.29, 1.82) is 0 Å². The van der Waals surface area contributed by atoms with E-state index < -0.39 is 23.7 Å². The summed E-state index contributed by atoms with van der Waals surface area (Å²) in [6.45, 7) is 6.70. The second-order valence-electron chi connectivity index (χ2n) is 10.4. The molecule has 2 aliphatic rings. The highest BCUT2D eigenvalue weighted by Gasteiger charge is 2.60. The lowest BCUT2D eigenvalue weighted by Crippen LogP contribution is -2.61. The number of hydrogen-bond acceptors (Lipinski definition) is 5. The lowest BCUT2D eigenvalue weighted by Gasteiger charge is -2.60. The summed E-state index contributed by atoms with van der Waals surface area (Å²) < 4.78 is 18.9. The molecular weight excluding hydrogens is 439 g/mol. The summed E-state index contributed by atoms with van der Waals surface area (Å²) in [7, 11) is 0. The lowest BCUT2D eigenvalue weighted by atomic mass is 9.46. The van der Waals surface area contributed by atoms with Gasteiger partial charge in [0, 0.05) is 24.9 Å². The predicted molar refractivity (Wildman–Crippen MR) is 126 cm³/mol. The molecule has 34 heavy (non-hydrogen) atoms. The molecule has 4 N–H and O–H groups in total. The summed E-state index contributed by atoms with van der Waals surface area (Å²) in [5.74, 6) is -0.784. The van der Waals surface area contributed by atoms with E-state index in [0.29, 0.717) is 38.8 Å². The number of aliphatic hydroxyl groups is 2. The molecule has 7 nitrogen and oxygen atoms in total. The Kier molecular flexibility index (Phi) is 8.57. The topological polar surface area (TPSA) is 108 Å². The van der Waals surface area contributed by atoms with Gasteiger partial charge >= 0.3 is 6.09 Å². The molecule has 0 bridgehead atoms. The Morgan fingerprint density at radius 2 is 1.85 bits per heavy atom. The molecule has 2 aliphatic carbocycles. The van der Waals surface area contributed by atoms with Gasteiger partial charge in [-0.2, -0.15) is 0 Å². The molecule has 1 aromatic rings. The minimum Gasteiger partial charge on any atom is -0.446 e. The zero-order valence-electron chi connectivity index (χ0n) is 20.5. The van der Waals surface area contributed by atoms with Crippen LogP contribution in [0.15, 0.2) is 24.3 Å². The molecule has 8 heteroatoms. The standard InChI is InChI=1S/C26H39FN2O5/c1-4-13-28-24(33)34-22-11-12-25(2)19(20(31)9-10-21(25)26(22,3)16-30)14-23(32)29-15-17-5-7-18(27)8-6-17/h5-8,19-22,30-31H,4,9-16H2,1-3H3,(H,28,33)(H,29,32)/t19-,20-,21+,22+,25-,26+/m1/s1. The first-order valence-electron chi connectivity index (χ1n) is 12.4. The smallest absolute Gasteiger partial charge is 0.407 e. The maximum atomic E-state index is 13.1. The summed E-state index contributed by atoms with van der Waals surface area (Å²) in [6.07, 6.45) is 1.92. The van der Waals surface area contributed by atoms with E-state index in [2.05, 4.69) is 17.6 Å². The Hall–Kier alpha value is -2.19. The van der Waals surface area contributed by atoms with Gasteiger partial charge in [-0.1, -0.05) is 32.9 Å². The molecule has 2 fully saturated rings. The third kappa shape index (κ3) is 5.54. The van der Waals surface area contributed by atoms with Crippen LogP contribution in [0.5, 0.6) is 0 Å². The van der Waals surface area contributed by atoms with Crippen molar-refractivity contribution in [2.24, 2.45) is 22.7 Å². The monoisotopic (exact) mass is 478 g/mol. The third-order valence-electron chi connectivity index (χ3n) is 8.25. The second kappa shape index (κ2) is 11.0. The number of aliphatic hydroxyl groups excluding tert-OH is 2. The molecule has 0 heterocycles. The van der Waals surface area contributed by atoms with Crippen LogP contribution in [0.1, 0.15) is 64.9 Å². The number of amides is 2. The van der Waals surface area contributed by atoms with E-state index in [4.69, 9.17) is 4.74 Å². The first kappa shape index (κ1) is 26.4. The molecule has 190 valence electrons. The van der Waals surface area contributed by atoms with E-state index in [-0.39, 0.29) is 42.0 Å². The fourth-order valence-electron chi connectivity index (χ4n) is 6.25. The maximum Gasteiger partial charge on any atom is 0.407 e. The quantitative estimate of drug-likeness (QED) is 0.457. The van der Waals surface area contributed by atoms with Gasteiger partial charge in [-0.15, -0.1) is 0 Å². The van der Waals surface area contributed by atoms with Crippen LogP contribution < -0.4 is 10.6 Å². The van der Waals surface area contributed by atoms with Gasteiger partial charge in [-0.25, -0.2) is 9.18 Å². The molecule has 0 radical (unpaired) electrons. The minimum atomic E-state index is -0.667. The summed E-state index contributed by atoms with van der Waals surface area (Å²) >= 11 is 0. The summed E-state index contributed by atoms with van der Waals surface area (Å²) in [4.78, 5) is 25.1. The highest BCUT2D eigenvalue weighted by atomic mass is 19.1. The van der Waals surface area contributed by atoms with Gasteiger partial charge in [0.1, 0.15) is 11.9 Å². The average Bonchev–Trinajstić information content (AvgIpc) is 2.81. The number of ether oxygens (including phenoxy) is 1. The molecule has 0 unspecified atom stereocenters. The van der Waals surface area contributed by atoms with Crippen LogP contribution in [0.3, 0.4) is 0 Å². The van der Waals surface area contributed by atoms with Crippen LogP contribution in [0.4, 0.5) is 9.18 Å². The van der Waals surface area contributed by atoms with Gasteiger partial charge in [-0.05, 0) is 67.1 Å². The number of benzene rings is 1. The number of carbonyl (C=O) groups excluding carboxylic acids is 2. The number of hydrogen-bond donors (Lipinski definition) is 4. The second-order valence-corrected chi connectivity index (χ2v) is 10.4. The molecule has 2 amide bonds. The molecule has 2 saturated carbocycles. The van der Waals surface area contributed by atoms with Crippen molar-refractivity contribution < 1.29 is 28.9 Å². The van der Waals surface area contributed by atoms with Crippen molar-refractivity contribution >= 4 is 12.0 Å². The number of halogens is 1. The van der Waals surface area contributed by atoms with Crippen LogP contribution in [0, 0.1) is 28.5 Å². The first-order chi connectivity index (χ1) is 16.1. The van der Waals surface area contributed by atoms with E-state index in [9.17, 15) is 24.2 Å². The average molecular weight is 479 g/mol. The zero-order valence-corrected chi connectivity index (χ0v) is 20.5. The fourth-order valence-corrected chi connectivity index (χ4v) is 6.25. The molecule has 0 saturated heterocycles. The van der Waals surface area contributed by atoms with Crippen LogP contribution in [-0.2, 0) is 16.1 Å². The third-order valence-corrected chi connectivity index (χ3v) is 8.25. The number of rotatable bonds is 8. The summed E-state index contributed by atoms with van der Waals surface area (Å²) in [5, 5.41) is 27.0. The summed E-state index contributed by atoms with van der Waals surface area (Å²) in [6, 6.07) is 5.98. The highest BCUT2D eigenvalue weighted by molar-refractivity contribution is 5.76. The Morgan fingerprint density at radius 3 is 2.50 bits per heavy atom. The van der Waals surface area contributed by atoms with Crippen molar-refractivity contribution in [3.05, 3.63) is 35.6 Å². The Balaban J connectivity index is 1.71. The first-order valence-corrected chi connectivity index (χ1v) is 12.4. The SMILES string of the molecule is CCCNC(=O)O[C@H]1CC[C@@]2(C)[C@H](CC[C@@H](O)[C@H]2CC(=O)NCc2ccc(F)cc2)[C@]1(C)CO. The van der Waals surface area contributed by atoms with E-state index in [0.717, 1.165) is 12.0 Å². The largest absolute Gasteiger partial charge is 0.446 e. The van der Waals surface area contributed by atoms with Gasteiger partial charge in [0.05, 0.1) is 12.7 Å². The fraction of sp³-hybridized carbons (Fsp3) is 0.692. The molecule has 0 aliphatic heterocycles. The molecule has 6 atom stereocenters. The van der Waals surface area contributed by atoms with Crippen molar-refractivity contribution in [1.82, 2.24) is 10.6 Å². The Labute approximate surface area is 201 Å². The number of nitrogens with one attached hydrogen (secondary N) is 2. The van der Waals surface area contributed by atoms with E-state index in [1.165, 1.54) is 12.1 Å². The molecular formula is C26H39FN2O5. The van der Waals surface area contributed by atoms with Crippen LogP contribution >= 0.6 is 0 Å². The van der Waals surface area contributed by atoms with Gasteiger partial charge in [0.25, 0.3) is 0 Å². The molecule has 0 aromatic heterocycles. The van der Waals surface area contributed by atoms with Gasteiger partial charge in [-0.3, -0.25) is 4.79 Å². The normalized spacial score (nSPS) is 33.0. The maximum absolute atomic E-state index is 13.1. The Bertz CT molecular complexity index is 850. The molecule has 1 aromatic carbocycles. The van der Waals surface area contributed by atoms with Crippen LogP contribution in [0.2, 0.25) is 0 Å². The van der Waals surface area contributed by atoms with Crippen molar-refractivity contribution in [2.45, 2.75) is 78.0 Å². The number of fused-ring (bicyclic) bond motifs is 1. The highest BCUT2D eigenvalue weighted by Crippen LogP contribution is 2.61. The van der Waals surface area contributed by atoms with E-state index in [1.807, 2.05) is 13.8 Å². The van der Waals surface area contributed by atoms with E-state index >= 15 is 0 Å². The van der Waals surface area contributed by atoms with Crippen LogP contribution in [-0.4, -0.2) is 47.6 Å². The number of carbonyl (C=O) groups is 2. The number of alkyl carbamates (subject to hydrolysis) is 1. The van der Waals surface area contributed by atoms with E-state index in [1.54, 1.807) is 12.1 Å². The van der Waals surface area contributed by atoms with Crippen LogP contribution in [0.25, 0.3) is 0 Å². The molecule has 0 spiro atoms. The van der Waals surface area contributed by atoms with Crippen molar-refractivity contribution in [3.63, 3.8) is 0 Å².